The van der Waals surface area contributed by atoms with E-state index < -0.39 is 0 Å². The van der Waals surface area contributed by atoms with E-state index in [9.17, 15) is 5.11 Å². The van der Waals surface area contributed by atoms with Crippen LogP contribution in [0.1, 0.15) is 46.2 Å². The number of fused-ring (bicyclic) bond motifs is 1. The molecular weight excluding hydrogens is 246 g/mol. The Morgan fingerprint density at radius 1 is 1.00 bits per heavy atom. The molecule has 0 fully saturated rings. The van der Waals surface area contributed by atoms with E-state index in [1.165, 1.54) is 0 Å². The van der Waals surface area contributed by atoms with Gasteiger partial charge in [0.05, 0.1) is 0 Å². The third-order valence-corrected chi connectivity index (χ3v) is 4.20. The van der Waals surface area contributed by atoms with Crippen molar-refractivity contribution in [3.63, 3.8) is 0 Å². The maximum absolute atomic E-state index is 10.5. The summed E-state index contributed by atoms with van der Waals surface area (Å²) < 4.78 is 0. The molecule has 0 saturated heterocycles. The van der Waals surface area contributed by atoms with Crippen molar-refractivity contribution in [1.82, 2.24) is 5.32 Å². The van der Waals surface area contributed by atoms with Crippen molar-refractivity contribution in [3.05, 3.63) is 42.0 Å². The molecule has 2 unspecified atom stereocenters. The van der Waals surface area contributed by atoms with Gasteiger partial charge in [0.15, 0.2) is 0 Å². The monoisotopic (exact) mass is 271 g/mol. The minimum absolute atomic E-state index is 0.119. The quantitative estimate of drug-likeness (QED) is 0.853. The highest BCUT2D eigenvalue weighted by molar-refractivity contribution is 5.89. The first-order chi connectivity index (χ1) is 9.30. The number of rotatable bonds is 3. The summed E-state index contributed by atoms with van der Waals surface area (Å²) in [5.41, 5.74) is 1.15. The van der Waals surface area contributed by atoms with Crippen LogP contribution in [0.25, 0.3) is 10.8 Å². The molecule has 0 aliphatic heterocycles. The lowest BCUT2D eigenvalue weighted by atomic mass is 9.87. The summed E-state index contributed by atoms with van der Waals surface area (Å²) in [6.07, 6.45) is 0. The molecule has 2 nitrogen and oxygen atoms in total. The maximum atomic E-state index is 10.5. The zero-order chi connectivity index (χ0) is 14.9. The first-order valence-corrected chi connectivity index (χ1v) is 7.27. The molecule has 0 aromatic heterocycles. The van der Waals surface area contributed by atoms with E-state index in [1.54, 1.807) is 0 Å². The molecule has 0 aliphatic carbocycles. The van der Waals surface area contributed by atoms with E-state index in [1.807, 2.05) is 30.3 Å². The highest BCUT2D eigenvalue weighted by atomic mass is 16.3. The highest BCUT2D eigenvalue weighted by Crippen LogP contribution is 2.33. The summed E-state index contributed by atoms with van der Waals surface area (Å²) in [6.45, 7) is 11.0. The second-order valence-corrected chi connectivity index (χ2v) is 6.70. The average Bonchev–Trinajstić information content (AvgIpc) is 2.38. The van der Waals surface area contributed by atoms with E-state index >= 15 is 0 Å². The van der Waals surface area contributed by atoms with Crippen molar-refractivity contribution >= 4 is 10.8 Å². The molecule has 2 N–H and O–H groups in total. The second kappa shape index (κ2) is 5.45. The fraction of sp³-hybridized carbons (Fsp3) is 0.444. The van der Waals surface area contributed by atoms with Crippen LogP contribution in [0.5, 0.6) is 5.75 Å². The van der Waals surface area contributed by atoms with Gasteiger partial charge in [-0.2, -0.15) is 0 Å². The van der Waals surface area contributed by atoms with Crippen molar-refractivity contribution < 1.29 is 5.11 Å². The van der Waals surface area contributed by atoms with Crippen molar-refractivity contribution in [1.29, 1.82) is 0 Å². The second-order valence-electron chi connectivity index (χ2n) is 6.70. The van der Waals surface area contributed by atoms with E-state index in [0.717, 1.165) is 16.3 Å². The fourth-order valence-electron chi connectivity index (χ4n) is 2.34. The smallest absolute Gasteiger partial charge is 0.128 e. The Hall–Kier alpha value is -1.54. The van der Waals surface area contributed by atoms with E-state index in [4.69, 9.17) is 0 Å². The Balaban J connectivity index is 2.31. The number of hydrogen-bond acceptors (Lipinski definition) is 2. The van der Waals surface area contributed by atoms with Crippen LogP contribution in [0.4, 0.5) is 0 Å². The van der Waals surface area contributed by atoms with Gasteiger partial charge in [-0.15, -0.1) is 0 Å². The number of phenolic OH excluding ortho intramolecular Hbond substituents is 1. The Labute approximate surface area is 121 Å². The molecule has 20 heavy (non-hydrogen) atoms. The zero-order valence-corrected chi connectivity index (χ0v) is 13.1. The van der Waals surface area contributed by atoms with E-state index in [0.29, 0.717) is 11.8 Å². The predicted octanol–water partition coefficient (Wildman–Crippen LogP) is 4.63. The van der Waals surface area contributed by atoms with Crippen LogP contribution in [0, 0.1) is 5.41 Å². The number of benzene rings is 2. The minimum Gasteiger partial charge on any atom is -0.507 e. The van der Waals surface area contributed by atoms with Gasteiger partial charge >= 0.3 is 0 Å². The van der Waals surface area contributed by atoms with Crippen LogP contribution in [-0.2, 0) is 0 Å². The molecule has 0 bridgehead atoms. The van der Waals surface area contributed by atoms with Crippen molar-refractivity contribution in [2.75, 3.05) is 0 Å². The van der Waals surface area contributed by atoms with Crippen LogP contribution in [0.2, 0.25) is 0 Å². The van der Waals surface area contributed by atoms with Gasteiger partial charge in [0.2, 0.25) is 0 Å². The third-order valence-electron chi connectivity index (χ3n) is 4.20. The van der Waals surface area contributed by atoms with Gasteiger partial charge in [0.1, 0.15) is 5.75 Å². The van der Waals surface area contributed by atoms with Gasteiger partial charge in [-0.05, 0) is 24.6 Å². The molecule has 2 aromatic carbocycles. The summed E-state index contributed by atoms with van der Waals surface area (Å²) >= 11 is 0. The standard InChI is InChI=1S/C18H25NO/c1-12(19-13(2)18(3,4)5)15-11-10-14-8-6-7-9-16(14)17(15)20/h6-13,19-20H,1-5H3. The molecule has 0 aliphatic rings. The summed E-state index contributed by atoms with van der Waals surface area (Å²) in [4.78, 5) is 0. The lowest BCUT2D eigenvalue weighted by Crippen LogP contribution is -2.39. The summed E-state index contributed by atoms with van der Waals surface area (Å²) in [6, 6.07) is 12.5. The lowest BCUT2D eigenvalue weighted by molar-refractivity contribution is 0.266. The van der Waals surface area contributed by atoms with Gasteiger partial charge in [-0.25, -0.2) is 0 Å². The Kier molecular flexibility index (Phi) is 4.05. The van der Waals surface area contributed by atoms with Crippen LogP contribution < -0.4 is 5.32 Å². The number of hydrogen-bond donors (Lipinski definition) is 2. The van der Waals surface area contributed by atoms with E-state index in [-0.39, 0.29) is 11.5 Å². The summed E-state index contributed by atoms with van der Waals surface area (Å²) in [5.74, 6) is 0.393. The molecule has 0 radical (unpaired) electrons. The zero-order valence-electron chi connectivity index (χ0n) is 13.1. The number of nitrogens with one attached hydrogen (secondary N) is 1. The number of phenols is 1. The van der Waals surface area contributed by atoms with Crippen molar-refractivity contribution in [3.8, 4) is 5.75 Å². The van der Waals surface area contributed by atoms with E-state index in [2.05, 4.69) is 46.0 Å². The Morgan fingerprint density at radius 2 is 1.65 bits per heavy atom. The van der Waals surface area contributed by atoms with Crippen molar-refractivity contribution in [2.24, 2.45) is 5.41 Å². The molecule has 2 atom stereocenters. The normalized spacial score (nSPS) is 15.2. The van der Waals surface area contributed by atoms with Crippen LogP contribution in [0.3, 0.4) is 0 Å². The lowest BCUT2D eigenvalue weighted by Gasteiger charge is -2.31. The first-order valence-electron chi connectivity index (χ1n) is 7.27. The SMILES string of the molecule is CC(NC(C)C(C)(C)C)c1ccc2ccccc2c1O. The minimum atomic E-state index is 0.119. The topological polar surface area (TPSA) is 32.3 Å². The van der Waals surface area contributed by atoms with Crippen molar-refractivity contribution in [2.45, 2.75) is 46.7 Å². The molecule has 0 saturated carbocycles. The van der Waals surface area contributed by atoms with Gasteiger partial charge in [0.25, 0.3) is 0 Å². The largest absolute Gasteiger partial charge is 0.507 e. The summed E-state index contributed by atoms with van der Waals surface area (Å²) in [7, 11) is 0. The Morgan fingerprint density at radius 3 is 2.30 bits per heavy atom. The van der Waals surface area contributed by atoms with Gasteiger partial charge in [-0.3, -0.25) is 0 Å². The van der Waals surface area contributed by atoms with Crippen LogP contribution in [-0.4, -0.2) is 11.1 Å². The average molecular weight is 271 g/mol. The highest BCUT2D eigenvalue weighted by Gasteiger charge is 2.23. The first kappa shape index (κ1) is 14.9. The molecule has 2 aromatic rings. The molecule has 2 rings (SSSR count). The van der Waals surface area contributed by atoms with Gasteiger partial charge < -0.3 is 10.4 Å². The van der Waals surface area contributed by atoms with Gasteiger partial charge in [-0.1, -0.05) is 57.2 Å². The fourth-order valence-corrected chi connectivity index (χ4v) is 2.34. The molecule has 0 amide bonds. The molecule has 0 spiro atoms. The molecule has 2 heteroatoms. The Bertz CT molecular complexity index is 598. The molecule has 108 valence electrons. The third kappa shape index (κ3) is 2.96. The molecular formula is C18H25NO. The van der Waals surface area contributed by atoms with Crippen LogP contribution in [0.15, 0.2) is 36.4 Å². The maximum Gasteiger partial charge on any atom is 0.128 e. The molecule has 0 heterocycles. The summed E-state index contributed by atoms with van der Waals surface area (Å²) in [5, 5.41) is 16.1. The van der Waals surface area contributed by atoms with Gasteiger partial charge in [0, 0.05) is 23.0 Å². The predicted molar refractivity (Wildman–Crippen MR) is 86.1 cm³/mol. The number of aromatic hydroxyl groups is 1. The van der Waals surface area contributed by atoms with Crippen LogP contribution >= 0.6 is 0 Å².